The Morgan fingerprint density at radius 1 is 1.36 bits per heavy atom. The fourth-order valence-electron chi connectivity index (χ4n) is 1.82. The monoisotopic (exact) mass is 154 g/mol. The first-order chi connectivity index (χ1) is 5.13. The number of hydrogen-bond donors (Lipinski definition) is 0. The fraction of sp³-hybridized carbons (Fsp3) is 0.818. The lowest BCUT2D eigenvalue weighted by molar-refractivity contribution is 0.233. The van der Waals surface area contributed by atoms with Crippen molar-refractivity contribution in [1.29, 1.82) is 0 Å². The minimum atomic E-state index is 0.398. The molecule has 0 nitrogen and oxygen atoms in total. The first-order valence-corrected chi connectivity index (χ1v) is 4.76. The van der Waals surface area contributed by atoms with Crippen LogP contribution in [0.2, 0.25) is 0 Å². The number of allylic oxidation sites excluding steroid dienone is 1. The molecule has 0 bridgehead atoms. The van der Waals surface area contributed by atoms with Crippen molar-refractivity contribution in [2.75, 3.05) is 0 Å². The second-order valence-electron chi connectivity index (χ2n) is 3.70. The molecule has 0 aromatic carbocycles. The van der Waals surface area contributed by atoms with E-state index in [9.17, 15) is 0 Å². The Balaban J connectivity index is 4.32. The summed E-state index contributed by atoms with van der Waals surface area (Å²) in [4.78, 5) is 0. The van der Waals surface area contributed by atoms with Crippen LogP contribution in [0.15, 0.2) is 12.7 Å². The predicted molar refractivity (Wildman–Crippen MR) is 52.7 cm³/mol. The molecule has 0 amide bonds. The Hall–Kier alpha value is -0.260. The van der Waals surface area contributed by atoms with Crippen LogP contribution >= 0.6 is 0 Å². The first kappa shape index (κ1) is 10.7. The van der Waals surface area contributed by atoms with Crippen LogP contribution in [0.5, 0.6) is 0 Å². The Morgan fingerprint density at radius 3 is 2.00 bits per heavy atom. The van der Waals surface area contributed by atoms with Gasteiger partial charge in [0.1, 0.15) is 0 Å². The lowest BCUT2D eigenvalue weighted by Gasteiger charge is -2.33. The summed E-state index contributed by atoms with van der Waals surface area (Å²) in [7, 11) is 0. The molecule has 0 fully saturated rings. The summed E-state index contributed by atoms with van der Waals surface area (Å²) in [6.45, 7) is 13.0. The minimum absolute atomic E-state index is 0.398. The molecule has 1 atom stereocenters. The Kier molecular flexibility index (Phi) is 4.48. The molecule has 0 spiro atoms. The Labute approximate surface area is 71.7 Å². The van der Waals surface area contributed by atoms with Crippen LogP contribution in [0.4, 0.5) is 0 Å². The third-order valence-electron chi connectivity index (χ3n) is 2.93. The van der Waals surface area contributed by atoms with Crippen molar-refractivity contribution in [2.24, 2.45) is 11.3 Å². The van der Waals surface area contributed by atoms with E-state index in [1.807, 2.05) is 0 Å². The molecule has 66 valence electrons. The van der Waals surface area contributed by atoms with Crippen molar-refractivity contribution in [2.45, 2.75) is 47.0 Å². The van der Waals surface area contributed by atoms with Gasteiger partial charge in [0.2, 0.25) is 0 Å². The third-order valence-corrected chi connectivity index (χ3v) is 2.93. The zero-order valence-electron chi connectivity index (χ0n) is 8.48. The predicted octanol–water partition coefficient (Wildman–Crippen LogP) is 4.02. The molecular weight excluding hydrogens is 132 g/mol. The van der Waals surface area contributed by atoms with Crippen LogP contribution in [-0.2, 0) is 0 Å². The van der Waals surface area contributed by atoms with Gasteiger partial charge in [0.05, 0.1) is 0 Å². The second-order valence-corrected chi connectivity index (χ2v) is 3.70. The fourth-order valence-corrected chi connectivity index (χ4v) is 1.82. The number of hydrogen-bond acceptors (Lipinski definition) is 0. The van der Waals surface area contributed by atoms with E-state index in [-0.39, 0.29) is 0 Å². The smallest absolute Gasteiger partial charge is 0.0101 e. The topological polar surface area (TPSA) is 0 Å². The van der Waals surface area contributed by atoms with Gasteiger partial charge in [0, 0.05) is 0 Å². The highest BCUT2D eigenvalue weighted by molar-refractivity contribution is 4.95. The van der Waals surface area contributed by atoms with Crippen LogP contribution in [0.1, 0.15) is 47.0 Å². The van der Waals surface area contributed by atoms with Gasteiger partial charge in [-0.05, 0) is 24.2 Å². The highest BCUT2D eigenvalue weighted by Crippen LogP contribution is 2.37. The van der Waals surface area contributed by atoms with Crippen molar-refractivity contribution in [1.82, 2.24) is 0 Å². The van der Waals surface area contributed by atoms with Crippen molar-refractivity contribution in [3.8, 4) is 0 Å². The van der Waals surface area contributed by atoms with E-state index < -0.39 is 0 Å². The Morgan fingerprint density at radius 2 is 1.91 bits per heavy atom. The normalized spacial score (nSPS) is 16.5. The van der Waals surface area contributed by atoms with Crippen LogP contribution in [0.3, 0.4) is 0 Å². The molecule has 0 saturated heterocycles. The van der Waals surface area contributed by atoms with Crippen LogP contribution in [-0.4, -0.2) is 0 Å². The van der Waals surface area contributed by atoms with E-state index in [0.29, 0.717) is 5.41 Å². The maximum atomic E-state index is 3.94. The zero-order valence-corrected chi connectivity index (χ0v) is 8.48. The first-order valence-electron chi connectivity index (χ1n) is 4.76. The van der Waals surface area contributed by atoms with Gasteiger partial charge in [-0.2, -0.15) is 0 Å². The van der Waals surface area contributed by atoms with Crippen molar-refractivity contribution in [3.63, 3.8) is 0 Å². The summed E-state index contributed by atoms with van der Waals surface area (Å²) in [5.74, 6) is 0.727. The summed E-state index contributed by atoms with van der Waals surface area (Å²) in [6, 6.07) is 0. The van der Waals surface area contributed by atoms with E-state index in [4.69, 9.17) is 0 Å². The van der Waals surface area contributed by atoms with Gasteiger partial charge in [0.15, 0.2) is 0 Å². The van der Waals surface area contributed by atoms with Crippen molar-refractivity contribution >= 4 is 0 Å². The van der Waals surface area contributed by atoms with E-state index >= 15 is 0 Å². The number of rotatable bonds is 5. The molecule has 0 radical (unpaired) electrons. The lowest BCUT2D eigenvalue weighted by Crippen LogP contribution is -2.23. The standard InChI is InChI=1S/C11H22/c1-6-9-11(7-2,8-3)10(4)5/h7,10H,2,6,8-9H2,1,3-5H3. The van der Waals surface area contributed by atoms with E-state index in [2.05, 4.69) is 40.3 Å². The third kappa shape index (κ3) is 2.36. The molecular formula is C11H22. The van der Waals surface area contributed by atoms with Gasteiger partial charge >= 0.3 is 0 Å². The molecule has 0 aromatic rings. The molecule has 0 aliphatic heterocycles. The van der Waals surface area contributed by atoms with Crippen LogP contribution < -0.4 is 0 Å². The minimum Gasteiger partial charge on any atom is -0.103 e. The lowest BCUT2D eigenvalue weighted by atomic mass is 9.72. The largest absolute Gasteiger partial charge is 0.103 e. The zero-order chi connectivity index (χ0) is 8.91. The van der Waals surface area contributed by atoms with E-state index in [0.717, 1.165) is 5.92 Å². The molecule has 0 N–H and O–H groups in total. The molecule has 11 heavy (non-hydrogen) atoms. The molecule has 0 heteroatoms. The summed E-state index contributed by atoms with van der Waals surface area (Å²) in [6.07, 6.45) is 5.92. The molecule has 0 saturated carbocycles. The summed E-state index contributed by atoms with van der Waals surface area (Å²) < 4.78 is 0. The van der Waals surface area contributed by atoms with Gasteiger partial charge in [-0.15, -0.1) is 6.58 Å². The highest BCUT2D eigenvalue weighted by atomic mass is 14.3. The highest BCUT2D eigenvalue weighted by Gasteiger charge is 2.26. The summed E-state index contributed by atoms with van der Waals surface area (Å²) in [5, 5.41) is 0. The molecule has 0 heterocycles. The quantitative estimate of drug-likeness (QED) is 0.524. The molecule has 0 aliphatic carbocycles. The van der Waals surface area contributed by atoms with E-state index in [1.54, 1.807) is 0 Å². The van der Waals surface area contributed by atoms with Crippen LogP contribution in [0.25, 0.3) is 0 Å². The summed E-state index contributed by atoms with van der Waals surface area (Å²) in [5.41, 5.74) is 0.398. The maximum Gasteiger partial charge on any atom is -0.0101 e. The maximum absolute atomic E-state index is 3.94. The van der Waals surface area contributed by atoms with Gasteiger partial charge in [-0.25, -0.2) is 0 Å². The molecule has 0 aromatic heterocycles. The second kappa shape index (κ2) is 4.58. The summed E-state index contributed by atoms with van der Waals surface area (Å²) >= 11 is 0. The van der Waals surface area contributed by atoms with E-state index in [1.165, 1.54) is 19.3 Å². The van der Waals surface area contributed by atoms with Gasteiger partial charge in [-0.1, -0.05) is 40.2 Å². The average molecular weight is 154 g/mol. The van der Waals surface area contributed by atoms with Crippen molar-refractivity contribution < 1.29 is 0 Å². The van der Waals surface area contributed by atoms with Crippen LogP contribution in [0, 0.1) is 11.3 Å². The van der Waals surface area contributed by atoms with Gasteiger partial charge in [0.25, 0.3) is 0 Å². The SMILES string of the molecule is C=CC(CC)(CCC)C(C)C. The van der Waals surface area contributed by atoms with Gasteiger partial charge < -0.3 is 0 Å². The molecule has 0 rings (SSSR count). The average Bonchev–Trinajstić information content (AvgIpc) is 2.00. The van der Waals surface area contributed by atoms with Gasteiger partial charge in [-0.3, -0.25) is 0 Å². The van der Waals surface area contributed by atoms with Crippen molar-refractivity contribution in [3.05, 3.63) is 12.7 Å². The molecule has 1 unspecified atom stereocenters. The Bertz CT molecular complexity index is 113. The molecule has 0 aliphatic rings.